The van der Waals surface area contributed by atoms with Crippen molar-refractivity contribution in [3.05, 3.63) is 11.5 Å². The van der Waals surface area contributed by atoms with Gasteiger partial charge in [0, 0.05) is 6.42 Å². The fourth-order valence-electron chi connectivity index (χ4n) is 2.19. The zero-order valence-electron chi connectivity index (χ0n) is 12.8. The van der Waals surface area contributed by atoms with Crippen molar-refractivity contribution in [3.8, 4) is 0 Å². The lowest BCUT2D eigenvalue weighted by Crippen LogP contribution is -2.56. The van der Waals surface area contributed by atoms with Gasteiger partial charge in [-0.05, 0) is 0 Å². The van der Waals surface area contributed by atoms with Gasteiger partial charge in [0.2, 0.25) is 0 Å². The van der Waals surface area contributed by atoms with E-state index in [0.29, 0.717) is 0 Å². The molecule has 0 amide bonds. The molecule has 0 aromatic heterocycles. The number of aliphatic imine (C=N–C) groups is 1. The van der Waals surface area contributed by atoms with Gasteiger partial charge in [0.15, 0.2) is 5.76 Å². The molecule has 0 bridgehead atoms. The third-order valence-corrected chi connectivity index (χ3v) is 3.46. The molecule has 0 spiro atoms. The topological polar surface area (TPSA) is 189 Å². The van der Waals surface area contributed by atoms with Gasteiger partial charge in [-0.2, -0.15) is 0 Å². The van der Waals surface area contributed by atoms with Gasteiger partial charge in [-0.15, -0.1) is 0 Å². The number of aliphatic hydroxyl groups excluding tert-OH is 3. The lowest BCUT2D eigenvalue weighted by atomic mass is 9.82. The van der Waals surface area contributed by atoms with Crippen molar-refractivity contribution in [1.29, 1.82) is 0 Å². The van der Waals surface area contributed by atoms with Crippen LogP contribution >= 0.6 is 0 Å². The average Bonchev–Trinajstić information content (AvgIpc) is 2.53. The van der Waals surface area contributed by atoms with Crippen LogP contribution in [-0.2, 0) is 14.3 Å². The Labute approximate surface area is 136 Å². The molecule has 24 heavy (non-hydrogen) atoms. The molecule has 0 aromatic carbocycles. The van der Waals surface area contributed by atoms with Crippen LogP contribution in [0.2, 0.25) is 0 Å². The Kier molecular flexibility index (Phi) is 6.66. The van der Waals surface area contributed by atoms with Crippen LogP contribution in [0.4, 0.5) is 0 Å². The van der Waals surface area contributed by atoms with Crippen LogP contribution in [0, 0.1) is 0 Å². The summed E-state index contributed by atoms with van der Waals surface area (Å²) >= 11 is 0. The normalized spacial score (nSPS) is 27.0. The number of ether oxygens (including phenoxy) is 1. The van der Waals surface area contributed by atoms with E-state index in [1.165, 1.54) is 7.11 Å². The summed E-state index contributed by atoms with van der Waals surface area (Å²) in [5.74, 6) is -2.86. The molecule has 1 aliphatic carbocycles. The van der Waals surface area contributed by atoms with Gasteiger partial charge in [0.1, 0.15) is 24.3 Å². The number of carbonyl (C=O) groups is 2. The summed E-state index contributed by atoms with van der Waals surface area (Å²) in [4.78, 5) is 25.5. The van der Waals surface area contributed by atoms with Crippen LogP contribution in [0.3, 0.4) is 0 Å². The van der Waals surface area contributed by atoms with Crippen LogP contribution in [0.25, 0.3) is 0 Å². The fraction of sp³-hybridized carbons (Fsp3) is 0.615. The molecule has 1 rings (SSSR count). The van der Waals surface area contributed by atoms with E-state index in [1.807, 2.05) is 0 Å². The van der Waals surface area contributed by atoms with Crippen LogP contribution in [0.1, 0.15) is 6.42 Å². The van der Waals surface area contributed by atoms with Gasteiger partial charge < -0.3 is 40.7 Å². The van der Waals surface area contributed by atoms with Gasteiger partial charge in [-0.3, -0.25) is 9.79 Å². The quantitative estimate of drug-likeness (QED) is 0.236. The highest BCUT2D eigenvalue weighted by atomic mass is 16.5. The van der Waals surface area contributed by atoms with Crippen molar-refractivity contribution in [2.24, 2.45) is 4.99 Å². The summed E-state index contributed by atoms with van der Waals surface area (Å²) in [5.41, 5.74) is -2.53. The molecule has 0 saturated heterocycles. The van der Waals surface area contributed by atoms with Crippen LogP contribution < -0.4 is 5.32 Å². The minimum absolute atomic E-state index is 0.0775. The maximum atomic E-state index is 11.0. The molecular formula is C13H20N2O9. The highest BCUT2D eigenvalue weighted by molar-refractivity contribution is 6.01. The monoisotopic (exact) mass is 348 g/mol. The first-order chi connectivity index (χ1) is 11.2. The predicted octanol–water partition coefficient (Wildman–Crippen LogP) is -3.11. The van der Waals surface area contributed by atoms with Gasteiger partial charge in [0.25, 0.3) is 0 Å². The number of methoxy groups -OCH3 is 1. The van der Waals surface area contributed by atoms with E-state index in [2.05, 4.69) is 10.3 Å². The molecule has 136 valence electrons. The van der Waals surface area contributed by atoms with Crippen molar-refractivity contribution in [2.75, 3.05) is 26.9 Å². The van der Waals surface area contributed by atoms with Crippen LogP contribution in [0.5, 0.6) is 0 Å². The van der Waals surface area contributed by atoms with Crippen molar-refractivity contribution < 1.29 is 45.0 Å². The van der Waals surface area contributed by atoms with Gasteiger partial charge in [0.05, 0.1) is 31.7 Å². The molecule has 0 saturated carbocycles. The number of aliphatic carboxylic acids is 2. The van der Waals surface area contributed by atoms with Crippen molar-refractivity contribution in [1.82, 2.24) is 5.32 Å². The number of hydrogen-bond donors (Lipinski definition) is 7. The Bertz CT molecular complexity index is 560. The summed E-state index contributed by atoms with van der Waals surface area (Å²) in [6, 6.07) is -1.53. The number of aliphatic hydroxyl groups is 4. The van der Waals surface area contributed by atoms with E-state index in [4.69, 9.17) is 20.1 Å². The fourth-order valence-corrected chi connectivity index (χ4v) is 2.19. The highest BCUT2D eigenvalue weighted by Gasteiger charge is 2.46. The molecule has 7 N–H and O–H groups in total. The molecule has 0 aromatic rings. The SMILES string of the molecule is COC1=C(N[C@@H](CO)C(=O)O)[C@H](O)[C@](O)(CO)CC1=NCC(=O)O. The van der Waals surface area contributed by atoms with Gasteiger partial charge in [-0.25, -0.2) is 4.79 Å². The smallest absolute Gasteiger partial charge is 0.328 e. The number of nitrogens with zero attached hydrogens (tertiary/aromatic N) is 1. The maximum Gasteiger partial charge on any atom is 0.328 e. The van der Waals surface area contributed by atoms with Crippen molar-refractivity contribution in [2.45, 2.75) is 24.2 Å². The summed E-state index contributed by atoms with van der Waals surface area (Å²) in [6.45, 7) is -2.39. The average molecular weight is 348 g/mol. The van der Waals surface area contributed by atoms with Gasteiger partial charge in [-0.1, -0.05) is 0 Å². The van der Waals surface area contributed by atoms with Gasteiger partial charge >= 0.3 is 11.9 Å². The summed E-state index contributed by atoms with van der Waals surface area (Å²) in [6.07, 6.45) is -2.18. The van der Waals surface area contributed by atoms with Crippen LogP contribution in [-0.4, -0.2) is 92.9 Å². The molecular weight excluding hydrogens is 328 g/mol. The van der Waals surface area contributed by atoms with E-state index < -0.39 is 55.9 Å². The summed E-state index contributed by atoms with van der Waals surface area (Å²) in [7, 11) is 1.18. The van der Waals surface area contributed by atoms with E-state index in [0.717, 1.165) is 0 Å². The second-order valence-corrected chi connectivity index (χ2v) is 5.16. The standard InChI is InChI=1S/C13H20N2O9/c1-24-10-6(14-3-8(18)19)2-13(23,5-17)11(20)9(10)15-7(4-16)12(21)22/h7,11,15-17,20,23H,2-5H2,1H3,(H,18,19)(H,21,22)/t7-,11-,13+/m0/s1. The first-order valence-electron chi connectivity index (χ1n) is 6.85. The third-order valence-electron chi connectivity index (χ3n) is 3.46. The largest absolute Gasteiger partial charge is 0.493 e. The summed E-state index contributed by atoms with van der Waals surface area (Å²) < 4.78 is 5.05. The molecule has 1 aliphatic rings. The number of allylic oxidation sites excluding steroid dienone is 1. The first-order valence-corrected chi connectivity index (χ1v) is 6.85. The zero-order valence-corrected chi connectivity index (χ0v) is 12.8. The lowest BCUT2D eigenvalue weighted by Gasteiger charge is -2.39. The molecule has 0 aliphatic heterocycles. The number of carboxylic acid groups (broad SMARTS) is 2. The van der Waals surface area contributed by atoms with E-state index >= 15 is 0 Å². The van der Waals surface area contributed by atoms with Crippen molar-refractivity contribution in [3.63, 3.8) is 0 Å². The highest BCUT2D eigenvalue weighted by Crippen LogP contribution is 2.31. The van der Waals surface area contributed by atoms with E-state index in [1.54, 1.807) is 0 Å². The second-order valence-electron chi connectivity index (χ2n) is 5.16. The van der Waals surface area contributed by atoms with Crippen molar-refractivity contribution >= 4 is 17.7 Å². The predicted molar refractivity (Wildman–Crippen MR) is 78.3 cm³/mol. The molecule has 0 fully saturated rings. The van der Waals surface area contributed by atoms with Crippen LogP contribution in [0.15, 0.2) is 16.4 Å². The number of rotatable bonds is 8. The molecule has 0 heterocycles. The zero-order chi connectivity index (χ0) is 18.5. The first kappa shape index (κ1) is 19.8. The lowest BCUT2D eigenvalue weighted by molar-refractivity contribution is -0.140. The maximum absolute atomic E-state index is 11.0. The Morgan fingerprint density at radius 2 is 2.04 bits per heavy atom. The minimum Gasteiger partial charge on any atom is -0.493 e. The molecule has 0 radical (unpaired) electrons. The number of hydrogen-bond acceptors (Lipinski definition) is 9. The Hall–Kier alpha value is -2.21. The third kappa shape index (κ3) is 4.20. The Morgan fingerprint density at radius 3 is 2.46 bits per heavy atom. The second kappa shape index (κ2) is 8.06. The number of nitrogens with one attached hydrogen (secondary N) is 1. The Morgan fingerprint density at radius 1 is 1.42 bits per heavy atom. The Balaban J connectivity index is 3.38. The molecule has 11 nitrogen and oxygen atoms in total. The molecule has 11 heteroatoms. The minimum atomic E-state index is -2.12. The molecule has 3 atom stereocenters. The van der Waals surface area contributed by atoms with E-state index in [-0.39, 0.29) is 17.2 Å². The van der Waals surface area contributed by atoms with E-state index in [9.17, 15) is 24.9 Å². The summed E-state index contributed by atoms with van der Waals surface area (Å²) in [5, 5.41) is 59.0. The molecule has 0 unspecified atom stereocenters. The number of carboxylic acids is 2.